The zero-order valence-corrected chi connectivity index (χ0v) is 8.40. The van der Waals surface area contributed by atoms with E-state index >= 15 is 0 Å². The number of amides is 1. The van der Waals surface area contributed by atoms with Gasteiger partial charge in [0.25, 0.3) is 11.7 Å². The Bertz CT molecular complexity index is 368. The van der Waals surface area contributed by atoms with Gasteiger partial charge in [-0.25, -0.2) is 0 Å². The van der Waals surface area contributed by atoms with Crippen molar-refractivity contribution < 1.29 is 9.32 Å². The molecule has 15 heavy (non-hydrogen) atoms. The fourth-order valence-electron chi connectivity index (χ4n) is 1.98. The summed E-state index contributed by atoms with van der Waals surface area (Å²) in [5.74, 6) is -0.359. The summed E-state index contributed by atoms with van der Waals surface area (Å²) < 4.78 is 4.91. The highest BCUT2D eigenvalue weighted by atomic mass is 16.5. The zero-order valence-electron chi connectivity index (χ0n) is 8.40. The molecular weight excluding hydrogens is 196 g/mol. The van der Waals surface area contributed by atoms with Gasteiger partial charge in [0.2, 0.25) is 5.89 Å². The Morgan fingerprint density at radius 3 is 2.67 bits per heavy atom. The maximum atomic E-state index is 10.7. The lowest BCUT2D eigenvalue weighted by Crippen LogP contribution is -2.38. The van der Waals surface area contributed by atoms with Crippen LogP contribution in [0.25, 0.3) is 0 Å². The largest absolute Gasteiger partial charge is 0.363 e. The predicted octanol–water partition coefficient (Wildman–Crippen LogP) is -0.0175. The first-order chi connectivity index (χ1) is 7.09. The molecule has 1 fully saturated rings. The molecule has 2 rings (SSSR count). The van der Waals surface area contributed by atoms with E-state index in [0.29, 0.717) is 12.3 Å². The third kappa shape index (κ3) is 2.15. The minimum Gasteiger partial charge on any atom is -0.363 e. The van der Waals surface area contributed by atoms with Crippen LogP contribution in [0.4, 0.5) is 0 Å². The Morgan fingerprint density at radius 2 is 2.13 bits per heavy atom. The molecule has 1 aromatic heterocycles. The van der Waals surface area contributed by atoms with Gasteiger partial charge in [-0.2, -0.15) is 4.98 Å². The fourth-order valence-corrected chi connectivity index (χ4v) is 1.98. The van der Waals surface area contributed by atoms with Crippen molar-refractivity contribution in [1.82, 2.24) is 10.1 Å². The SMILES string of the molecule is NC(=O)c1noc(CC2(N)CCCC2)n1. The molecule has 0 aromatic carbocycles. The second kappa shape index (κ2) is 3.62. The number of nitrogens with two attached hydrogens (primary N) is 2. The summed E-state index contributed by atoms with van der Waals surface area (Å²) >= 11 is 0. The summed E-state index contributed by atoms with van der Waals surface area (Å²) in [7, 11) is 0. The number of hydrogen-bond donors (Lipinski definition) is 2. The van der Waals surface area contributed by atoms with Gasteiger partial charge in [-0.15, -0.1) is 0 Å². The van der Waals surface area contributed by atoms with E-state index < -0.39 is 5.91 Å². The van der Waals surface area contributed by atoms with Crippen molar-refractivity contribution in [2.45, 2.75) is 37.6 Å². The van der Waals surface area contributed by atoms with Crippen LogP contribution >= 0.6 is 0 Å². The molecule has 0 spiro atoms. The molecule has 1 saturated carbocycles. The van der Waals surface area contributed by atoms with Crippen LogP contribution in [0.2, 0.25) is 0 Å². The minimum atomic E-state index is -0.678. The standard InChI is InChI=1S/C9H14N4O2/c10-7(14)8-12-6(15-13-8)5-9(11)3-1-2-4-9/h1-5,11H2,(H2,10,14). The van der Waals surface area contributed by atoms with Crippen molar-refractivity contribution >= 4 is 5.91 Å². The van der Waals surface area contributed by atoms with Crippen molar-refractivity contribution in [1.29, 1.82) is 0 Å². The second-order valence-electron chi connectivity index (χ2n) is 4.12. The topological polar surface area (TPSA) is 108 Å². The summed E-state index contributed by atoms with van der Waals surface area (Å²) in [4.78, 5) is 14.6. The quantitative estimate of drug-likeness (QED) is 0.729. The van der Waals surface area contributed by atoms with Crippen LogP contribution in [0.15, 0.2) is 4.52 Å². The Balaban J connectivity index is 2.07. The predicted molar refractivity (Wildman–Crippen MR) is 51.9 cm³/mol. The van der Waals surface area contributed by atoms with E-state index in [1.54, 1.807) is 0 Å². The van der Waals surface area contributed by atoms with Gasteiger partial charge < -0.3 is 16.0 Å². The van der Waals surface area contributed by atoms with Crippen LogP contribution in [0.3, 0.4) is 0 Å². The van der Waals surface area contributed by atoms with Gasteiger partial charge in [0.05, 0.1) is 0 Å². The lowest BCUT2D eigenvalue weighted by Gasteiger charge is -2.20. The van der Waals surface area contributed by atoms with E-state index in [9.17, 15) is 4.79 Å². The maximum Gasteiger partial charge on any atom is 0.290 e. The molecule has 82 valence electrons. The highest BCUT2D eigenvalue weighted by molar-refractivity contribution is 5.88. The van der Waals surface area contributed by atoms with Gasteiger partial charge in [0.1, 0.15) is 0 Å². The molecule has 1 amide bonds. The first-order valence-corrected chi connectivity index (χ1v) is 5.00. The Hall–Kier alpha value is -1.43. The molecule has 0 radical (unpaired) electrons. The fraction of sp³-hybridized carbons (Fsp3) is 0.667. The first-order valence-electron chi connectivity index (χ1n) is 5.00. The van der Waals surface area contributed by atoms with Crippen LogP contribution in [0.5, 0.6) is 0 Å². The highest BCUT2D eigenvalue weighted by Crippen LogP contribution is 2.29. The third-order valence-corrected chi connectivity index (χ3v) is 2.79. The lowest BCUT2D eigenvalue weighted by molar-refractivity contribution is 0.0987. The van der Waals surface area contributed by atoms with Crippen LogP contribution in [0.1, 0.15) is 42.2 Å². The average molecular weight is 210 g/mol. The van der Waals surface area contributed by atoms with Crippen molar-refractivity contribution in [2.24, 2.45) is 11.5 Å². The van der Waals surface area contributed by atoms with Gasteiger partial charge in [-0.3, -0.25) is 4.79 Å². The zero-order chi connectivity index (χ0) is 10.9. The molecular formula is C9H14N4O2. The van der Waals surface area contributed by atoms with Crippen LogP contribution < -0.4 is 11.5 Å². The molecule has 1 heterocycles. The normalized spacial score (nSPS) is 19.3. The van der Waals surface area contributed by atoms with Crippen molar-refractivity contribution in [2.75, 3.05) is 0 Å². The number of hydrogen-bond acceptors (Lipinski definition) is 5. The van der Waals surface area contributed by atoms with Gasteiger partial charge >= 0.3 is 0 Å². The smallest absolute Gasteiger partial charge is 0.290 e. The number of aromatic nitrogens is 2. The summed E-state index contributed by atoms with van der Waals surface area (Å²) in [6.45, 7) is 0. The van der Waals surface area contributed by atoms with Crippen LogP contribution in [-0.4, -0.2) is 21.6 Å². The number of primary amides is 1. The molecule has 6 heteroatoms. The first kappa shape index (κ1) is 10.1. The summed E-state index contributed by atoms with van der Waals surface area (Å²) in [5.41, 5.74) is 10.9. The number of nitrogens with zero attached hydrogens (tertiary/aromatic N) is 2. The molecule has 1 aromatic rings. The number of carbonyl (C=O) groups is 1. The van der Waals surface area contributed by atoms with Crippen molar-refractivity contribution in [3.05, 3.63) is 11.7 Å². The van der Waals surface area contributed by atoms with Crippen molar-refractivity contribution in [3.63, 3.8) is 0 Å². The van der Waals surface area contributed by atoms with Crippen LogP contribution in [0, 0.1) is 0 Å². The Morgan fingerprint density at radius 1 is 1.47 bits per heavy atom. The Labute approximate surface area is 87.0 Å². The van der Waals surface area contributed by atoms with Gasteiger partial charge in [-0.1, -0.05) is 18.0 Å². The van der Waals surface area contributed by atoms with E-state index in [-0.39, 0.29) is 11.4 Å². The van der Waals surface area contributed by atoms with Crippen molar-refractivity contribution in [3.8, 4) is 0 Å². The molecule has 1 aliphatic carbocycles. The maximum absolute atomic E-state index is 10.7. The molecule has 0 unspecified atom stereocenters. The summed E-state index contributed by atoms with van der Waals surface area (Å²) in [6, 6.07) is 0. The molecule has 0 bridgehead atoms. The van der Waals surface area contributed by atoms with Gasteiger partial charge in [0, 0.05) is 12.0 Å². The van der Waals surface area contributed by atoms with E-state index in [2.05, 4.69) is 10.1 Å². The average Bonchev–Trinajstić information content (AvgIpc) is 2.75. The summed E-state index contributed by atoms with van der Waals surface area (Å²) in [6.07, 6.45) is 4.70. The third-order valence-electron chi connectivity index (χ3n) is 2.79. The summed E-state index contributed by atoms with van der Waals surface area (Å²) in [5, 5.41) is 3.47. The Kier molecular flexibility index (Phi) is 2.44. The molecule has 6 nitrogen and oxygen atoms in total. The van der Waals surface area contributed by atoms with Gasteiger partial charge in [0.15, 0.2) is 0 Å². The highest BCUT2D eigenvalue weighted by Gasteiger charge is 2.31. The number of rotatable bonds is 3. The van der Waals surface area contributed by atoms with Crippen LogP contribution in [-0.2, 0) is 6.42 Å². The van der Waals surface area contributed by atoms with E-state index in [4.69, 9.17) is 16.0 Å². The van der Waals surface area contributed by atoms with E-state index in [1.165, 1.54) is 0 Å². The molecule has 0 atom stereocenters. The van der Waals surface area contributed by atoms with E-state index in [0.717, 1.165) is 25.7 Å². The minimum absolute atomic E-state index is 0.0772. The molecule has 0 aliphatic heterocycles. The second-order valence-corrected chi connectivity index (χ2v) is 4.12. The van der Waals surface area contributed by atoms with Gasteiger partial charge in [-0.05, 0) is 12.8 Å². The molecule has 0 saturated heterocycles. The van der Waals surface area contributed by atoms with E-state index in [1.807, 2.05) is 0 Å². The molecule has 4 N–H and O–H groups in total. The molecule has 1 aliphatic rings. The number of carbonyl (C=O) groups excluding carboxylic acids is 1. The lowest BCUT2D eigenvalue weighted by atomic mass is 9.95. The monoisotopic (exact) mass is 210 g/mol.